The number of alkyl halides is 3. The van der Waals surface area contributed by atoms with E-state index in [1.54, 1.807) is 29.1 Å². The first-order valence-electron chi connectivity index (χ1n) is 12.9. The largest absolute Gasteiger partial charge is 0.394 e. The Hall–Kier alpha value is -3.75. The first kappa shape index (κ1) is 25.5. The van der Waals surface area contributed by atoms with Gasteiger partial charge in [-0.15, -0.1) is 0 Å². The number of hydrogen-bond acceptors (Lipinski definition) is 2. The van der Waals surface area contributed by atoms with Gasteiger partial charge in [-0.1, -0.05) is 30.2 Å². The molecule has 1 amide bonds. The highest BCUT2D eigenvalue weighted by Gasteiger charge is 2.54. The van der Waals surface area contributed by atoms with Gasteiger partial charge < -0.3 is 5.32 Å². The van der Waals surface area contributed by atoms with Gasteiger partial charge >= 0.3 is 6.18 Å². The Kier molecular flexibility index (Phi) is 6.00. The third-order valence-electron chi connectivity index (χ3n) is 8.55. The molecule has 0 bridgehead atoms. The average Bonchev–Trinajstić information content (AvgIpc) is 3.29. The van der Waals surface area contributed by atoms with E-state index in [4.69, 9.17) is 0 Å². The fourth-order valence-electron chi connectivity index (χ4n) is 6.63. The lowest BCUT2D eigenvalue weighted by Gasteiger charge is -2.51. The highest BCUT2D eigenvalue weighted by molar-refractivity contribution is 5.94. The van der Waals surface area contributed by atoms with E-state index in [1.807, 2.05) is 6.92 Å². The van der Waals surface area contributed by atoms with Crippen molar-refractivity contribution >= 4 is 12.0 Å². The lowest BCUT2D eigenvalue weighted by atomic mass is 9.55. The van der Waals surface area contributed by atoms with Crippen LogP contribution in [0.2, 0.25) is 0 Å². The molecule has 3 aromatic rings. The van der Waals surface area contributed by atoms with E-state index < -0.39 is 41.2 Å². The van der Waals surface area contributed by atoms with Gasteiger partial charge in [0, 0.05) is 22.9 Å². The molecule has 0 aliphatic heterocycles. The van der Waals surface area contributed by atoms with Crippen molar-refractivity contribution in [2.75, 3.05) is 0 Å². The average molecular weight is 540 g/mol. The number of carbonyl (C=O) groups is 1. The van der Waals surface area contributed by atoms with Crippen LogP contribution >= 0.6 is 0 Å². The van der Waals surface area contributed by atoms with E-state index in [1.165, 1.54) is 30.3 Å². The van der Waals surface area contributed by atoms with Crippen molar-refractivity contribution in [2.45, 2.75) is 44.8 Å². The van der Waals surface area contributed by atoms with Crippen LogP contribution in [-0.2, 0) is 6.42 Å². The van der Waals surface area contributed by atoms with Gasteiger partial charge in [0.1, 0.15) is 11.6 Å². The molecule has 0 radical (unpaired) electrons. The maximum Gasteiger partial charge on any atom is 0.394 e. The fraction of sp³-hybridized carbons (Fsp3) is 0.333. The fourth-order valence-corrected chi connectivity index (χ4v) is 6.63. The second-order valence-electron chi connectivity index (χ2n) is 10.8. The van der Waals surface area contributed by atoms with Crippen molar-refractivity contribution in [3.05, 3.63) is 100 Å². The predicted molar refractivity (Wildman–Crippen MR) is 136 cm³/mol. The van der Waals surface area contributed by atoms with Crippen LogP contribution in [0.3, 0.4) is 0 Å². The summed E-state index contributed by atoms with van der Waals surface area (Å²) in [5.74, 6) is -3.94. The molecule has 3 aliphatic rings. The normalized spacial score (nSPS) is 26.1. The molecule has 4 atom stereocenters. The number of rotatable bonds is 3. The standard InChI is InChI=1S/C30H26F5N3O/c1-29-15-18-16-36-38(22-8-6-20(31)7-9-22)26(18)14-19(29)5-10-23-24(29)11-12-25(30(33,34)35)27(23)37-28(39)17-3-2-4-21(32)13-17/h2-4,6-9,11,13-14,16,23,25,27H,5,10,12,15H2,1H3,(H,37,39)/t23-,25+,27+,29-/m0/s1. The van der Waals surface area contributed by atoms with Gasteiger partial charge in [0.05, 0.1) is 23.5 Å². The second-order valence-corrected chi connectivity index (χ2v) is 10.8. The summed E-state index contributed by atoms with van der Waals surface area (Å²) in [5.41, 5.74) is 4.01. The SMILES string of the molecule is C[C@]12Cc3cnn(-c4ccc(F)cc4)c3C=C1CC[C@H]1C2=CC[C@@H](C(F)(F)F)[C@@H]1NC(=O)c1cccc(F)c1. The van der Waals surface area contributed by atoms with E-state index in [9.17, 15) is 26.7 Å². The topological polar surface area (TPSA) is 46.9 Å². The molecule has 0 saturated heterocycles. The smallest absolute Gasteiger partial charge is 0.348 e. The number of hydrogen-bond donors (Lipinski definition) is 1. The zero-order valence-electron chi connectivity index (χ0n) is 21.1. The summed E-state index contributed by atoms with van der Waals surface area (Å²) in [4.78, 5) is 13.0. The molecule has 1 aromatic heterocycles. The van der Waals surface area contributed by atoms with E-state index in [0.717, 1.165) is 34.2 Å². The Morgan fingerprint density at radius 1 is 1.10 bits per heavy atom. The van der Waals surface area contributed by atoms with Crippen LogP contribution in [0.5, 0.6) is 0 Å². The Bertz CT molecular complexity index is 1500. The lowest BCUT2D eigenvalue weighted by molar-refractivity contribution is -0.186. The molecule has 1 N–H and O–H groups in total. The molecule has 1 saturated carbocycles. The van der Waals surface area contributed by atoms with Crippen molar-refractivity contribution in [1.29, 1.82) is 0 Å². The molecular formula is C30H26F5N3O. The number of carbonyl (C=O) groups excluding carboxylic acids is 1. The highest BCUT2D eigenvalue weighted by Crippen LogP contribution is 2.57. The molecule has 6 rings (SSSR count). The minimum atomic E-state index is -4.50. The highest BCUT2D eigenvalue weighted by atomic mass is 19.4. The van der Waals surface area contributed by atoms with E-state index in [-0.39, 0.29) is 17.8 Å². The molecule has 3 aliphatic carbocycles. The molecule has 1 heterocycles. The summed E-state index contributed by atoms with van der Waals surface area (Å²) >= 11 is 0. The molecule has 4 nitrogen and oxygen atoms in total. The van der Waals surface area contributed by atoms with Crippen LogP contribution in [0.25, 0.3) is 11.8 Å². The third-order valence-corrected chi connectivity index (χ3v) is 8.55. The maximum atomic E-state index is 14.2. The number of aromatic nitrogens is 2. The predicted octanol–water partition coefficient (Wildman–Crippen LogP) is 6.81. The molecule has 0 unspecified atom stereocenters. The Morgan fingerprint density at radius 3 is 2.59 bits per heavy atom. The van der Waals surface area contributed by atoms with Crippen LogP contribution in [0.1, 0.15) is 47.8 Å². The van der Waals surface area contributed by atoms with Gasteiger partial charge in [-0.3, -0.25) is 4.79 Å². The van der Waals surface area contributed by atoms with Crippen LogP contribution in [-0.4, -0.2) is 27.9 Å². The summed E-state index contributed by atoms with van der Waals surface area (Å²) in [5, 5.41) is 7.17. The molecular weight excluding hydrogens is 513 g/mol. The van der Waals surface area contributed by atoms with Crippen LogP contribution in [0.15, 0.2) is 72.0 Å². The number of halogens is 5. The molecule has 2 aromatic carbocycles. The number of allylic oxidation sites excluding steroid dienone is 2. The number of amides is 1. The molecule has 9 heteroatoms. The van der Waals surface area contributed by atoms with Gasteiger partial charge in [0.2, 0.25) is 0 Å². The summed E-state index contributed by atoms with van der Waals surface area (Å²) in [7, 11) is 0. The van der Waals surface area contributed by atoms with E-state index in [0.29, 0.717) is 19.3 Å². The van der Waals surface area contributed by atoms with Crippen molar-refractivity contribution in [3.8, 4) is 5.69 Å². The quantitative estimate of drug-likeness (QED) is 0.294. The monoisotopic (exact) mass is 539 g/mol. The molecule has 0 spiro atoms. The third kappa shape index (κ3) is 4.37. The Balaban J connectivity index is 1.35. The summed E-state index contributed by atoms with van der Waals surface area (Å²) in [6.45, 7) is 2.05. The van der Waals surface area contributed by atoms with Crippen molar-refractivity contribution in [3.63, 3.8) is 0 Å². The first-order chi connectivity index (χ1) is 18.5. The minimum Gasteiger partial charge on any atom is -0.348 e. The molecule has 202 valence electrons. The van der Waals surface area contributed by atoms with Crippen molar-refractivity contribution in [1.82, 2.24) is 15.1 Å². The number of nitrogens with one attached hydrogen (secondary N) is 1. The van der Waals surface area contributed by atoms with Crippen molar-refractivity contribution in [2.24, 2.45) is 17.3 Å². The van der Waals surface area contributed by atoms with E-state index >= 15 is 0 Å². The summed E-state index contributed by atoms with van der Waals surface area (Å²) < 4.78 is 71.5. The van der Waals surface area contributed by atoms with Crippen LogP contribution < -0.4 is 5.32 Å². The second kappa shape index (κ2) is 9.17. The van der Waals surface area contributed by atoms with Crippen molar-refractivity contribution < 1.29 is 26.7 Å². The maximum absolute atomic E-state index is 14.2. The Labute approximate surface area is 222 Å². The van der Waals surface area contributed by atoms with E-state index in [2.05, 4.69) is 16.5 Å². The summed E-state index contributed by atoms with van der Waals surface area (Å²) in [6, 6.07) is 9.85. The zero-order chi connectivity index (χ0) is 27.5. The molecule has 39 heavy (non-hydrogen) atoms. The number of fused-ring (bicyclic) bond motifs is 4. The minimum absolute atomic E-state index is 0.00912. The Morgan fingerprint density at radius 2 is 1.87 bits per heavy atom. The summed E-state index contributed by atoms with van der Waals surface area (Å²) in [6.07, 6.45) is 2.34. The van der Waals surface area contributed by atoms with Gasteiger partial charge in [0.25, 0.3) is 5.91 Å². The van der Waals surface area contributed by atoms with Gasteiger partial charge in [-0.2, -0.15) is 18.3 Å². The first-order valence-corrected chi connectivity index (χ1v) is 12.9. The van der Waals surface area contributed by atoms with Gasteiger partial charge in [0.15, 0.2) is 0 Å². The van der Waals surface area contributed by atoms with Crippen LogP contribution in [0.4, 0.5) is 22.0 Å². The van der Waals surface area contributed by atoms with Gasteiger partial charge in [-0.25, -0.2) is 13.5 Å². The zero-order valence-corrected chi connectivity index (χ0v) is 21.1. The van der Waals surface area contributed by atoms with Crippen LogP contribution in [0, 0.1) is 28.9 Å². The number of nitrogens with zero attached hydrogens (tertiary/aromatic N) is 2. The number of benzene rings is 2. The van der Waals surface area contributed by atoms with Gasteiger partial charge in [-0.05, 0) is 79.8 Å². The lowest BCUT2D eigenvalue weighted by Crippen LogP contribution is -2.55. The molecule has 1 fully saturated rings.